The Morgan fingerprint density at radius 1 is 1.00 bits per heavy atom. The van der Waals surface area contributed by atoms with Crippen molar-refractivity contribution in [1.82, 2.24) is 5.32 Å². The number of aryl methyl sites for hydroxylation is 2. The molecule has 0 spiro atoms. The van der Waals surface area contributed by atoms with Crippen LogP contribution in [0, 0.1) is 13.8 Å². The molecule has 0 aliphatic rings. The van der Waals surface area contributed by atoms with Crippen molar-refractivity contribution in [3.05, 3.63) is 59.2 Å². The predicted molar refractivity (Wildman–Crippen MR) is 102 cm³/mol. The number of carbonyl (C=O) groups excluding carboxylic acids is 2. The number of nitrogens with one attached hydrogen (secondary N) is 3. The molecule has 0 aromatic heterocycles. The van der Waals surface area contributed by atoms with E-state index in [1.807, 2.05) is 64.1 Å². The maximum Gasteiger partial charge on any atom is 0.251 e. The smallest absolute Gasteiger partial charge is 0.251 e. The first-order chi connectivity index (χ1) is 11.8. The van der Waals surface area contributed by atoms with Gasteiger partial charge in [0.05, 0.1) is 6.54 Å². The average molecular weight is 339 g/mol. The van der Waals surface area contributed by atoms with Gasteiger partial charge in [0.1, 0.15) is 0 Å². The number of benzene rings is 2. The van der Waals surface area contributed by atoms with E-state index < -0.39 is 0 Å². The van der Waals surface area contributed by atoms with Gasteiger partial charge in [-0.3, -0.25) is 9.59 Å². The maximum atomic E-state index is 12.0. The van der Waals surface area contributed by atoms with E-state index >= 15 is 0 Å². The Hall–Kier alpha value is -2.82. The molecule has 0 radical (unpaired) electrons. The summed E-state index contributed by atoms with van der Waals surface area (Å²) in [5.74, 6) is -0.216. The molecule has 5 nitrogen and oxygen atoms in total. The average Bonchev–Trinajstić information content (AvgIpc) is 2.55. The summed E-state index contributed by atoms with van der Waals surface area (Å²) in [5, 5.41) is 8.82. The highest BCUT2D eigenvalue weighted by atomic mass is 16.2. The Kier molecular flexibility index (Phi) is 6.17. The third-order valence-corrected chi connectivity index (χ3v) is 3.68. The number of hydrogen-bond acceptors (Lipinski definition) is 3. The van der Waals surface area contributed by atoms with Crippen LogP contribution >= 0.6 is 0 Å². The number of hydrogen-bond donors (Lipinski definition) is 3. The van der Waals surface area contributed by atoms with Gasteiger partial charge in [0.2, 0.25) is 5.91 Å². The fourth-order valence-electron chi connectivity index (χ4n) is 2.37. The fourth-order valence-corrected chi connectivity index (χ4v) is 2.37. The first-order valence-corrected chi connectivity index (χ1v) is 8.37. The van der Waals surface area contributed by atoms with Crippen LogP contribution in [0.15, 0.2) is 42.5 Å². The van der Waals surface area contributed by atoms with Crippen molar-refractivity contribution in [3.8, 4) is 0 Å². The monoisotopic (exact) mass is 339 g/mol. The Labute approximate surface area is 148 Å². The van der Waals surface area contributed by atoms with Gasteiger partial charge in [0.15, 0.2) is 0 Å². The molecular formula is C20H25N3O2. The zero-order valence-electron chi connectivity index (χ0n) is 15.1. The highest BCUT2D eigenvalue weighted by Gasteiger charge is 2.09. The zero-order chi connectivity index (χ0) is 18.4. The second kappa shape index (κ2) is 8.33. The Balaban J connectivity index is 1.93. The standard InChI is InChI=1S/C20H25N3O2/c1-13(2)22-20(25)16-7-10-18(15(4)11-16)21-12-19(24)23-17-8-5-14(3)6-9-17/h5-11,13,21H,12H2,1-4H3,(H,22,25)(H,23,24). The largest absolute Gasteiger partial charge is 0.376 e. The molecule has 0 aliphatic heterocycles. The van der Waals surface area contributed by atoms with Gasteiger partial charge < -0.3 is 16.0 Å². The van der Waals surface area contributed by atoms with Crippen LogP contribution in [-0.2, 0) is 4.79 Å². The van der Waals surface area contributed by atoms with Crippen molar-refractivity contribution >= 4 is 23.2 Å². The molecule has 2 amide bonds. The summed E-state index contributed by atoms with van der Waals surface area (Å²) in [6.07, 6.45) is 0. The zero-order valence-corrected chi connectivity index (χ0v) is 15.1. The van der Waals surface area contributed by atoms with Gasteiger partial charge in [-0.2, -0.15) is 0 Å². The quantitative estimate of drug-likeness (QED) is 0.754. The lowest BCUT2D eigenvalue weighted by Gasteiger charge is -2.13. The Bertz CT molecular complexity index is 752. The molecule has 0 bridgehead atoms. The lowest BCUT2D eigenvalue weighted by Crippen LogP contribution is -2.30. The molecule has 25 heavy (non-hydrogen) atoms. The summed E-state index contributed by atoms with van der Waals surface area (Å²) in [7, 11) is 0. The van der Waals surface area contributed by atoms with Crippen molar-refractivity contribution in [3.63, 3.8) is 0 Å². The minimum Gasteiger partial charge on any atom is -0.376 e. The molecule has 2 aromatic carbocycles. The van der Waals surface area contributed by atoms with Crippen molar-refractivity contribution in [2.45, 2.75) is 33.7 Å². The van der Waals surface area contributed by atoms with Gasteiger partial charge >= 0.3 is 0 Å². The molecule has 0 unspecified atom stereocenters. The summed E-state index contributed by atoms with van der Waals surface area (Å²) < 4.78 is 0. The number of amides is 2. The maximum absolute atomic E-state index is 12.0. The normalized spacial score (nSPS) is 10.4. The summed E-state index contributed by atoms with van der Waals surface area (Å²) >= 11 is 0. The van der Waals surface area contributed by atoms with Gasteiger partial charge in [-0.25, -0.2) is 0 Å². The van der Waals surface area contributed by atoms with E-state index in [4.69, 9.17) is 0 Å². The van der Waals surface area contributed by atoms with E-state index in [1.54, 1.807) is 6.07 Å². The lowest BCUT2D eigenvalue weighted by atomic mass is 10.1. The molecule has 0 atom stereocenters. The SMILES string of the molecule is Cc1ccc(NC(=O)CNc2ccc(C(=O)NC(C)C)cc2C)cc1. The van der Waals surface area contributed by atoms with Crippen LogP contribution in [0.1, 0.15) is 35.3 Å². The van der Waals surface area contributed by atoms with Crippen LogP contribution in [0.25, 0.3) is 0 Å². The molecule has 0 aliphatic carbocycles. The molecule has 0 heterocycles. The minimum atomic E-state index is -0.120. The van der Waals surface area contributed by atoms with Gasteiger partial charge in [-0.05, 0) is 63.6 Å². The van der Waals surface area contributed by atoms with Gasteiger partial charge in [-0.1, -0.05) is 17.7 Å². The lowest BCUT2D eigenvalue weighted by molar-refractivity contribution is -0.114. The summed E-state index contributed by atoms with van der Waals surface area (Å²) in [6.45, 7) is 7.92. The Morgan fingerprint density at radius 2 is 1.68 bits per heavy atom. The molecule has 3 N–H and O–H groups in total. The third kappa shape index (κ3) is 5.64. The molecular weight excluding hydrogens is 314 g/mol. The van der Waals surface area contributed by atoms with Crippen LogP contribution in [0.4, 0.5) is 11.4 Å². The highest BCUT2D eigenvalue weighted by molar-refractivity contribution is 5.96. The summed E-state index contributed by atoms with van der Waals surface area (Å²) in [4.78, 5) is 24.1. The first-order valence-electron chi connectivity index (χ1n) is 8.37. The molecule has 132 valence electrons. The summed E-state index contributed by atoms with van der Waals surface area (Å²) in [5.41, 5.74) is 4.28. The topological polar surface area (TPSA) is 70.2 Å². The van der Waals surface area contributed by atoms with Crippen molar-refractivity contribution in [1.29, 1.82) is 0 Å². The second-order valence-corrected chi connectivity index (χ2v) is 6.43. The second-order valence-electron chi connectivity index (χ2n) is 6.43. The van der Waals surface area contributed by atoms with Gasteiger partial charge in [0, 0.05) is 23.0 Å². The van der Waals surface area contributed by atoms with Crippen LogP contribution in [0.2, 0.25) is 0 Å². The van der Waals surface area contributed by atoms with E-state index in [0.29, 0.717) is 5.56 Å². The first kappa shape index (κ1) is 18.5. The van der Waals surface area contributed by atoms with Crippen LogP contribution in [0.5, 0.6) is 0 Å². The van der Waals surface area contributed by atoms with Crippen LogP contribution in [-0.4, -0.2) is 24.4 Å². The van der Waals surface area contributed by atoms with Gasteiger partial charge in [-0.15, -0.1) is 0 Å². The number of rotatable bonds is 6. The van der Waals surface area contributed by atoms with E-state index in [1.165, 1.54) is 0 Å². The van der Waals surface area contributed by atoms with Crippen LogP contribution < -0.4 is 16.0 Å². The minimum absolute atomic E-state index is 0.0936. The fraction of sp³-hybridized carbons (Fsp3) is 0.300. The van der Waals surface area contributed by atoms with Crippen molar-refractivity contribution in [2.75, 3.05) is 17.2 Å². The predicted octanol–water partition coefficient (Wildman–Crippen LogP) is 3.49. The highest BCUT2D eigenvalue weighted by Crippen LogP contribution is 2.17. The molecule has 5 heteroatoms. The van der Waals surface area contributed by atoms with Crippen molar-refractivity contribution < 1.29 is 9.59 Å². The van der Waals surface area contributed by atoms with E-state index in [-0.39, 0.29) is 24.4 Å². The van der Waals surface area contributed by atoms with E-state index in [9.17, 15) is 9.59 Å². The van der Waals surface area contributed by atoms with Crippen molar-refractivity contribution in [2.24, 2.45) is 0 Å². The van der Waals surface area contributed by atoms with E-state index in [2.05, 4.69) is 16.0 Å². The molecule has 0 saturated carbocycles. The molecule has 2 aromatic rings. The number of anilines is 2. The van der Waals surface area contributed by atoms with Gasteiger partial charge in [0.25, 0.3) is 5.91 Å². The third-order valence-electron chi connectivity index (χ3n) is 3.68. The molecule has 0 fully saturated rings. The molecule has 2 rings (SSSR count). The number of carbonyl (C=O) groups is 2. The molecule has 0 saturated heterocycles. The van der Waals surface area contributed by atoms with Crippen LogP contribution in [0.3, 0.4) is 0 Å². The Morgan fingerprint density at radius 3 is 2.28 bits per heavy atom. The summed E-state index contributed by atoms with van der Waals surface area (Å²) in [6, 6.07) is 13.1. The van der Waals surface area contributed by atoms with E-state index in [0.717, 1.165) is 22.5 Å².